The van der Waals surface area contributed by atoms with Crippen LogP contribution in [0.2, 0.25) is 0 Å². The molecule has 11 heavy (non-hydrogen) atoms. The molecule has 0 aliphatic carbocycles. The smallest absolute Gasteiger partial charge is 0.0296 e. The molecule has 0 radical (unpaired) electrons. The molecule has 0 aliphatic heterocycles. The molecule has 0 aromatic carbocycles. The predicted molar refractivity (Wildman–Crippen MR) is 52.7 cm³/mol. The average molecular weight is 158 g/mol. The molecule has 0 aromatic rings. The highest BCUT2D eigenvalue weighted by Crippen LogP contribution is 1.81. The first-order valence-corrected chi connectivity index (χ1v) is 4.14. The van der Waals surface area contributed by atoms with Crippen molar-refractivity contribution in [3.8, 4) is 0 Å². The Morgan fingerprint density at radius 3 is 1.82 bits per heavy atom. The van der Waals surface area contributed by atoms with Crippen molar-refractivity contribution >= 4 is 0 Å². The van der Waals surface area contributed by atoms with Gasteiger partial charge in [-0.05, 0) is 20.3 Å². The van der Waals surface area contributed by atoms with Crippen LogP contribution in [0, 0.1) is 0 Å². The number of hydrogen-bond acceptors (Lipinski definition) is 2. The Hall–Kier alpha value is -0.500. The van der Waals surface area contributed by atoms with E-state index in [1.54, 1.807) is 0 Å². The highest BCUT2D eigenvalue weighted by atomic mass is 15.1. The summed E-state index contributed by atoms with van der Waals surface area (Å²) in [5.41, 5.74) is 0. The van der Waals surface area contributed by atoms with E-state index in [1.165, 1.54) is 0 Å². The van der Waals surface area contributed by atoms with Crippen LogP contribution in [0.4, 0.5) is 0 Å². The van der Waals surface area contributed by atoms with Gasteiger partial charge in [0.2, 0.25) is 0 Å². The second-order valence-corrected chi connectivity index (χ2v) is 2.47. The summed E-state index contributed by atoms with van der Waals surface area (Å²) in [6.07, 6.45) is 1.84. The Labute approximate surface area is 71.5 Å². The zero-order valence-corrected chi connectivity index (χ0v) is 8.59. The quantitative estimate of drug-likeness (QED) is 0.614. The third-order valence-corrected chi connectivity index (χ3v) is 1.21. The lowest BCUT2D eigenvalue weighted by Crippen LogP contribution is -2.24. The van der Waals surface area contributed by atoms with Gasteiger partial charge in [-0.2, -0.15) is 0 Å². The lowest BCUT2D eigenvalue weighted by atomic mass is 10.5. The van der Waals surface area contributed by atoms with Crippen LogP contribution in [-0.2, 0) is 0 Å². The van der Waals surface area contributed by atoms with E-state index in [0.29, 0.717) is 0 Å². The van der Waals surface area contributed by atoms with Crippen LogP contribution in [0.5, 0.6) is 0 Å². The third-order valence-electron chi connectivity index (χ3n) is 1.21. The summed E-state index contributed by atoms with van der Waals surface area (Å²) in [5, 5.41) is 0. The van der Waals surface area contributed by atoms with E-state index in [4.69, 9.17) is 0 Å². The number of likely N-dealkylation sites (N-methyl/N-ethyl adjacent to an activating group) is 2. The van der Waals surface area contributed by atoms with E-state index in [2.05, 4.69) is 30.5 Å². The Balaban J connectivity index is 0. The fourth-order valence-electron chi connectivity index (χ4n) is 0.449. The molecule has 0 rings (SSSR count). The molecule has 0 fully saturated rings. The van der Waals surface area contributed by atoms with Gasteiger partial charge in [0.1, 0.15) is 0 Å². The van der Waals surface area contributed by atoms with E-state index in [0.717, 1.165) is 13.1 Å². The summed E-state index contributed by atoms with van der Waals surface area (Å²) in [7, 11) is 6.16. The van der Waals surface area contributed by atoms with Crippen LogP contribution < -0.4 is 0 Å². The van der Waals surface area contributed by atoms with Crippen LogP contribution in [0.1, 0.15) is 13.8 Å². The minimum atomic E-state index is 1.05. The third kappa shape index (κ3) is 12.6. The summed E-state index contributed by atoms with van der Waals surface area (Å²) in [6.45, 7) is 9.78. The minimum absolute atomic E-state index is 1.05. The van der Waals surface area contributed by atoms with Crippen LogP contribution in [0.15, 0.2) is 12.8 Å². The van der Waals surface area contributed by atoms with Gasteiger partial charge in [-0.25, -0.2) is 0 Å². The summed E-state index contributed by atoms with van der Waals surface area (Å²) in [5.74, 6) is 0. The molecule has 0 aromatic heterocycles. The SMILES string of the molecule is C=CN(C)CCN(C)C.CC. The Morgan fingerprint density at radius 2 is 1.55 bits per heavy atom. The summed E-state index contributed by atoms with van der Waals surface area (Å²) < 4.78 is 0. The maximum atomic E-state index is 3.65. The largest absolute Gasteiger partial charge is 0.380 e. The van der Waals surface area contributed by atoms with Gasteiger partial charge in [0.05, 0.1) is 0 Å². The lowest BCUT2D eigenvalue weighted by Gasteiger charge is -2.16. The molecule has 2 heteroatoms. The minimum Gasteiger partial charge on any atom is -0.380 e. The van der Waals surface area contributed by atoms with E-state index >= 15 is 0 Å². The molecule has 68 valence electrons. The van der Waals surface area contributed by atoms with E-state index in [-0.39, 0.29) is 0 Å². The topological polar surface area (TPSA) is 6.48 Å². The Kier molecular flexibility index (Phi) is 11.3. The standard InChI is InChI=1S/C7H16N2.C2H6/c1-5-9(4)7-6-8(2)3;1-2/h5H,1,6-7H2,2-4H3;1-2H3. The lowest BCUT2D eigenvalue weighted by molar-refractivity contribution is 0.341. The second kappa shape index (κ2) is 9.50. The number of rotatable bonds is 4. The molecule has 0 unspecified atom stereocenters. The zero-order valence-electron chi connectivity index (χ0n) is 8.59. The van der Waals surface area contributed by atoms with Crippen molar-refractivity contribution in [1.82, 2.24) is 9.80 Å². The van der Waals surface area contributed by atoms with Crippen LogP contribution in [-0.4, -0.2) is 44.0 Å². The van der Waals surface area contributed by atoms with Crippen LogP contribution in [0.25, 0.3) is 0 Å². The summed E-state index contributed by atoms with van der Waals surface area (Å²) >= 11 is 0. The van der Waals surface area contributed by atoms with Gasteiger partial charge in [-0.15, -0.1) is 0 Å². The van der Waals surface area contributed by atoms with Gasteiger partial charge in [0.25, 0.3) is 0 Å². The first-order valence-electron chi connectivity index (χ1n) is 4.14. The van der Waals surface area contributed by atoms with Crippen molar-refractivity contribution < 1.29 is 0 Å². The summed E-state index contributed by atoms with van der Waals surface area (Å²) in [6, 6.07) is 0. The predicted octanol–water partition coefficient (Wildman–Crippen LogP) is 1.65. The Bertz CT molecular complexity index is 79.6. The van der Waals surface area contributed by atoms with Crippen molar-refractivity contribution in [2.75, 3.05) is 34.2 Å². The van der Waals surface area contributed by atoms with Crippen molar-refractivity contribution in [2.45, 2.75) is 13.8 Å². The van der Waals surface area contributed by atoms with Gasteiger partial charge in [-0.1, -0.05) is 20.4 Å². The molecule has 0 amide bonds. The fraction of sp³-hybridized carbons (Fsp3) is 0.778. The van der Waals surface area contributed by atoms with Crippen LogP contribution in [0.3, 0.4) is 0 Å². The van der Waals surface area contributed by atoms with Gasteiger partial charge < -0.3 is 9.80 Å². The molecule has 0 saturated heterocycles. The average Bonchev–Trinajstić information content (AvgIpc) is 2.04. The molecule has 0 saturated carbocycles. The molecule has 0 spiro atoms. The molecule has 0 atom stereocenters. The Morgan fingerprint density at radius 1 is 1.09 bits per heavy atom. The van der Waals surface area contributed by atoms with Crippen molar-refractivity contribution in [1.29, 1.82) is 0 Å². The molecule has 0 N–H and O–H groups in total. The molecule has 0 bridgehead atoms. The summed E-state index contributed by atoms with van der Waals surface area (Å²) in [4.78, 5) is 4.22. The molecular weight excluding hydrogens is 136 g/mol. The normalized spacial score (nSPS) is 8.55. The highest BCUT2D eigenvalue weighted by Gasteiger charge is 1.90. The highest BCUT2D eigenvalue weighted by molar-refractivity contribution is 4.66. The van der Waals surface area contributed by atoms with E-state index in [1.807, 2.05) is 27.1 Å². The van der Waals surface area contributed by atoms with Crippen LogP contribution >= 0.6 is 0 Å². The van der Waals surface area contributed by atoms with Crippen molar-refractivity contribution in [3.63, 3.8) is 0 Å². The van der Waals surface area contributed by atoms with Gasteiger partial charge in [0.15, 0.2) is 0 Å². The van der Waals surface area contributed by atoms with Gasteiger partial charge in [-0.3, -0.25) is 0 Å². The first kappa shape index (κ1) is 13.1. The van der Waals surface area contributed by atoms with Gasteiger partial charge >= 0.3 is 0 Å². The van der Waals surface area contributed by atoms with Crippen molar-refractivity contribution in [2.24, 2.45) is 0 Å². The fourth-order valence-corrected chi connectivity index (χ4v) is 0.449. The van der Waals surface area contributed by atoms with E-state index < -0.39 is 0 Å². The second-order valence-electron chi connectivity index (χ2n) is 2.47. The first-order chi connectivity index (χ1) is 5.16. The number of hydrogen-bond donors (Lipinski definition) is 0. The zero-order chi connectivity index (χ0) is 9.28. The molecule has 0 heterocycles. The van der Waals surface area contributed by atoms with E-state index in [9.17, 15) is 0 Å². The monoisotopic (exact) mass is 158 g/mol. The molecular formula is C9H22N2. The molecule has 0 aliphatic rings. The number of nitrogens with zero attached hydrogens (tertiary/aromatic N) is 2. The molecule has 2 nitrogen and oxygen atoms in total. The maximum Gasteiger partial charge on any atom is 0.0296 e. The van der Waals surface area contributed by atoms with Gasteiger partial charge in [0, 0.05) is 20.1 Å². The van der Waals surface area contributed by atoms with Crippen molar-refractivity contribution in [3.05, 3.63) is 12.8 Å². The maximum absolute atomic E-state index is 3.65.